The number of nitrogens with zero attached hydrogens (tertiary/aromatic N) is 2. The number of halogens is 2. The monoisotopic (exact) mass is 429 g/mol. The van der Waals surface area contributed by atoms with Gasteiger partial charge in [0.1, 0.15) is 17.7 Å². The number of anilines is 1. The van der Waals surface area contributed by atoms with Crippen molar-refractivity contribution in [2.24, 2.45) is 0 Å². The molecule has 0 saturated carbocycles. The number of hydrogen-bond donors (Lipinski definition) is 1. The highest BCUT2D eigenvalue weighted by atomic mass is 19.1. The lowest BCUT2D eigenvalue weighted by molar-refractivity contribution is 0.194. The molecule has 160 valence electrons. The van der Waals surface area contributed by atoms with Gasteiger partial charge in [0, 0.05) is 18.0 Å². The van der Waals surface area contributed by atoms with Gasteiger partial charge in [-0.15, -0.1) is 0 Å². The number of carbonyl (C=O) groups is 1. The minimum absolute atomic E-state index is 0.188. The van der Waals surface area contributed by atoms with Gasteiger partial charge in [0.25, 0.3) is 0 Å². The molecule has 4 aromatic rings. The quantitative estimate of drug-likeness (QED) is 0.405. The summed E-state index contributed by atoms with van der Waals surface area (Å²) in [5.41, 5.74) is 4.67. The van der Waals surface area contributed by atoms with Crippen molar-refractivity contribution >= 4 is 11.7 Å². The number of amides is 2. The van der Waals surface area contributed by atoms with Crippen LogP contribution < -0.4 is 5.32 Å². The summed E-state index contributed by atoms with van der Waals surface area (Å²) in [6.45, 7) is 2.31. The second-order valence-corrected chi connectivity index (χ2v) is 7.87. The molecule has 0 aliphatic carbocycles. The average molecular weight is 429 g/mol. The Kier molecular flexibility index (Phi) is 4.98. The molecule has 6 heteroatoms. The van der Waals surface area contributed by atoms with Gasteiger partial charge in [-0.2, -0.15) is 0 Å². The first-order valence-corrected chi connectivity index (χ1v) is 10.4. The lowest BCUT2D eigenvalue weighted by Gasteiger charge is -2.32. The highest BCUT2D eigenvalue weighted by molar-refractivity contribution is 5.90. The zero-order valence-corrected chi connectivity index (χ0v) is 17.4. The number of carbonyl (C=O) groups excluding carboxylic acids is 1. The fraction of sp³-hybridized carbons (Fsp3) is 0.115. The van der Waals surface area contributed by atoms with Crippen molar-refractivity contribution in [3.05, 3.63) is 119 Å². The zero-order valence-electron chi connectivity index (χ0n) is 17.4. The van der Waals surface area contributed by atoms with Gasteiger partial charge in [-0.05, 0) is 53.9 Å². The first kappa shape index (κ1) is 20.0. The van der Waals surface area contributed by atoms with Crippen LogP contribution in [0.3, 0.4) is 0 Å². The van der Waals surface area contributed by atoms with Gasteiger partial charge in [-0.1, -0.05) is 42.5 Å². The minimum Gasteiger partial charge on any atom is -0.318 e. The molecule has 32 heavy (non-hydrogen) atoms. The number of aromatic nitrogens is 1. The van der Waals surface area contributed by atoms with Crippen LogP contribution in [0.25, 0.3) is 5.69 Å². The average Bonchev–Trinajstić information content (AvgIpc) is 3.21. The first-order valence-electron chi connectivity index (χ1n) is 10.4. The molecule has 1 atom stereocenters. The fourth-order valence-electron chi connectivity index (χ4n) is 4.34. The van der Waals surface area contributed by atoms with Crippen molar-refractivity contribution in [3.8, 4) is 5.69 Å². The van der Waals surface area contributed by atoms with Gasteiger partial charge in [-0.3, -0.25) is 0 Å². The second kappa shape index (κ2) is 7.96. The number of rotatable bonds is 2. The summed E-state index contributed by atoms with van der Waals surface area (Å²) in [4.78, 5) is 15.2. The van der Waals surface area contributed by atoms with Crippen LogP contribution in [0, 0.1) is 18.6 Å². The molecule has 1 aliphatic heterocycles. The largest absolute Gasteiger partial charge is 0.323 e. The van der Waals surface area contributed by atoms with Crippen LogP contribution in [0.5, 0.6) is 0 Å². The lowest BCUT2D eigenvalue weighted by atomic mass is 9.97. The second-order valence-electron chi connectivity index (χ2n) is 7.87. The number of aryl methyl sites for hydroxylation is 1. The van der Waals surface area contributed by atoms with Gasteiger partial charge < -0.3 is 14.8 Å². The Morgan fingerprint density at radius 3 is 2.59 bits per heavy atom. The molecule has 2 amide bonds. The summed E-state index contributed by atoms with van der Waals surface area (Å²) in [6, 6.07) is 21.8. The Morgan fingerprint density at radius 1 is 0.969 bits per heavy atom. The number of para-hydroxylation sites is 1. The predicted octanol–water partition coefficient (Wildman–Crippen LogP) is 6.20. The van der Waals surface area contributed by atoms with Crippen molar-refractivity contribution in [3.63, 3.8) is 0 Å². The smallest absolute Gasteiger partial charge is 0.318 e. The third kappa shape index (κ3) is 3.43. The van der Waals surface area contributed by atoms with Crippen LogP contribution in [-0.2, 0) is 6.54 Å². The third-order valence-electron chi connectivity index (χ3n) is 5.88. The number of fused-ring (bicyclic) bond motifs is 3. The van der Waals surface area contributed by atoms with E-state index in [9.17, 15) is 13.6 Å². The summed E-state index contributed by atoms with van der Waals surface area (Å²) in [5, 5.41) is 2.58. The van der Waals surface area contributed by atoms with E-state index in [1.54, 1.807) is 4.90 Å². The Balaban J connectivity index is 1.66. The van der Waals surface area contributed by atoms with E-state index in [1.165, 1.54) is 0 Å². The van der Waals surface area contributed by atoms with Crippen molar-refractivity contribution in [2.75, 3.05) is 5.32 Å². The van der Waals surface area contributed by atoms with E-state index >= 15 is 0 Å². The van der Waals surface area contributed by atoms with Crippen LogP contribution >= 0.6 is 0 Å². The van der Waals surface area contributed by atoms with E-state index in [4.69, 9.17) is 0 Å². The normalized spacial score (nSPS) is 15.0. The highest BCUT2D eigenvalue weighted by Gasteiger charge is 2.33. The Labute approximate surface area is 184 Å². The topological polar surface area (TPSA) is 37.3 Å². The molecule has 0 bridgehead atoms. The van der Waals surface area contributed by atoms with Crippen molar-refractivity contribution in [2.45, 2.75) is 19.5 Å². The van der Waals surface area contributed by atoms with Gasteiger partial charge in [0.2, 0.25) is 0 Å². The molecule has 1 aromatic heterocycles. The minimum atomic E-state index is -0.689. The molecular formula is C26H21F2N3O. The maximum atomic E-state index is 14.3. The van der Waals surface area contributed by atoms with Crippen molar-refractivity contribution < 1.29 is 13.6 Å². The van der Waals surface area contributed by atoms with Gasteiger partial charge in [-0.25, -0.2) is 13.6 Å². The summed E-state index contributed by atoms with van der Waals surface area (Å²) in [7, 11) is 0. The summed E-state index contributed by atoms with van der Waals surface area (Å²) < 4.78 is 30.1. The molecule has 3 aromatic carbocycles. The van der Waals surface area contributed by atoms with Gasteiger partial charge in [0.15, 0.2) is 0 Å². The first-order chi connectivity index (χ1) is 15.5. The summed E-state index contributed by atoms with van der Waals surface area (Å²) >= 11 is 0. The number of benzene rings is 3. The van der Waals surface area contributed by atoms with Crippen LogP contribution in [0.1, 0.15) is 28.4 Å². The third-order valence-corrected chi connectivity index (χ3v) is 5.88. The van der Waals surface area contributed by atoms with Crippen molar-refractivity contribution in [1.29, 1.82) is 0 Å². The molecule has 0 fully saturated rings. The summed E-state index contributed by atoms with van der Waals surface area (Å²) in [6.07, 6.45) is 1.98. The zero-order chi connectivity index (χ0) is 22.2. The van der Waals surface area contributed by atoms with Crippen LogP contribution in [-0.4, -0.2) is 15.5 Å². The molecule has 0 radical (unpaired) electrons. The fourth-order valence-corrected chi connectivity index (χ4v) is 4.34. The molecule has 4 nitrogen and oxygen atoms in total. The molecule has 1 aliphatic rings. The van der Waals surface area contributed by atoms with Gasteiger partial charge in [0.05, 0.1) is 17.9 Å². The van der Waals surface area contributed by atoms with E-state index < -0.39 is 23.7 Å². The maximum absolute atomic E-state index is 14.3. The van der Waals surface area contributed by atoms with E-state index in [2.05, 4.69) is 9.88 Å². The molecule has 0 spiro atoms. The standard InChI is InChI=1S/C26H21F2N3O/c1-17-7-2-4-9-20(17)25-24-11-6-14-30(24)23-10-5-3-8-18(23)16-31(25)26(32)29-22-15-19(27)12-13-21(22)28/h2-15,25H,16H2,1H3,(H,29,32)/t25-/m1/s1. The van der Waals surface area contributed by atoms with Crippen molar-refractivity contribution in [1.82, 2.24) is 9.47 Å². The number of nitrogens with one attached hydrogen (secondary N) is 1. The van der Waals surface area contributed by atoms with E-state index in [0.717, 1.165) is 46.3 Å². The highest BCUT2D eigenvalue weighted by Crippen LogP contribution is 2.38. The van der Waals surface area contributed by atoms with Crippen LogP contribution in [0.2, 0.25) is 0 Å². The Morgan fingerprint density at radius 2 is 1.75 bits per heavy atom. The van der Waals surface area contributed by atoms with E-state index in [0.29, 0.717) is 6.54 Å². The molecule has 5 rings (SSSR count). The summed E-state index contributed by atoms with van der Waals surface area (Å²) in [5.74, 6) is -1.31. The molecule has 2 heterocycles. The Bertz CT molecular complexity index is 1310. The molecular weight excluding hydrogens is 408 g/mol. The SMILES string of the molecule is Cc1ccccc1[C@@H]1c2cccn2-c2ccccc2CN1C(=O)Nc1cc(F)ccc1F. The van der Waals surface area contributed by atoms with Crippen LogP contribution in [0.15, 0.2) is 85.1 Å². The maximum Gasteiger partial charge on any atom is 0.323 e. The number of hydrogen-bond acceptors (Lipinski definition) is 1. The molecule has 0 saturated heterocycles. The van der Waals surface area contributed by atoms with E-state index in [1.807, 2.05) is 73.8 Å². The van der Waals surface area contributed by atoms with Crippen LogP contribution in [0.4, 0.5) is 19.3 Å². The predicted molar refractivity (Wildman–Crippen MR) is 120 cm³/mol. The number of urea groups is 1. The van der Waals surface area contributed by atoms with E-state index in [-0.39, 0.29) is 5.69 Å². The van der Waals surface area contributed by atoms with Gasteiger partial charge >= 0.3 is 6.03 Å². The molecule has 1 N–H and O–H groups in total. The Hall–Kier alpha value is -3.93. The lowest BCUT2D eigenvalue weighted by Crippen LogP contribution is -2.38. The molecule has 0 unspecified atom stereocenters.